The van der Waals surface area contributed by atoms with Gasteiger partial charge in [0.05, 0.1) is 21.9 Å². The molecule has 0 aliphatic carbocycles. The number of benzene rings is 2. The van der Waals surface area contributed by atoms with Gasteiger partial charge in [-0.2, -0.15) is 0 Å². The van der Waals surface area contributed by atoms with E-state index in [1.807, 2.05) is 0 Å². The normalized spacial score (nSPS) is 12.0. The number of hydrogen-bond acceptors (Lipinski definition) is 6. The minimum absolute atomic E-state index is 0.0228. The van der Waals surface area contributed by atoms with Crippen LogP contribution in [0, 0.1) is 0 Å². The molecular weight excluding hydrogens is 415 g/mol. The van der Waals surface area contributed by atoms with Crippen LogP contribution in [0.15, 0.2) is 41.3 Å². The van der Waals surface area contributed by atoms with Crippen LogP contribution in [-0.4, -0.2) is 28.3 Å². The van der Waals surface area contributed by atoms with Gasteiger partial charge in [-0.15, -0.1) is 0 Å². The Labute approximate surface area is 154 Å². The van der Waals surface area contributed by atoms with E-state index in [9.17, 15) is 16.8 Å². The average Bonchev–Trinajstić information content (AvgIpc) is 2.50. The average molecular weight is 427 g/mol. The second-order valence-electron chi connectivity index (χ2n) is 4.80. The van der Waals surface area contributed by atoms with Gasteiger partial charge in [0.25, 0.3) is 10.0 Å². The molecule has 0 bridgehead atoms. The van der Waals surface area contributed by atoms with Crippen LogP contribution in [0.3, 0.4) is 0 Å². The van der Waals surface area contributed by atoms with E-state index in [1.54, 1.807) is 0 Å². The molecule has 8 nitrogen and oxygen atoms in total. The van der Waals surface area contributed by atoms with Crippen LogP contribution < -0.4 is 14.3 Å². The zero-order valence-corrected chi connectivity index (χ0v) is 15.7. The molecule has 0 heterocycles. The van der Waals surface area contributed by atoms with Crippen LogP contribution in [0.5, 0.6) is 11.5 Å². The molecule has 136 valence electrons. The molecule has 0 atom stereocenters. The molecule has 25 heavy (non-hydrogen) atoms. The van der Waals surface area contributed by atoms with E-state index in [0.29, 0.717) is 5.02 Å². The Morgan fingerprint density at radius 1 is 1.00 bits per heavy atom. The maximum atomic E-state index is 11.7. The van der Waals surface area contributed by atoms with Crippen molar-refractivity contribution in [3.63, 3.8) is 0 Å². The van der Waals surface area contributed by atoms with Crippen molar-refractivity contribution in [1.82, 2.24) is 4.89 Å². The Hall–Kier alpha value is -1.56. The highest BCUT2D eigenvalue weighted by molar-refractivity contribution is 7.92. The Morgan fingerprint density at radius 3 is 2.24 bits per heavy atom. The smallest absolute Gasteiger partial charge is 0.262 e. The van der Waals surface area contributed by atoms with E-state index in [-0.39, 0.29) is 27.1 Å². The summed E-state index contributed by atoms with van der Waals surface area (Å²) < 4.78 is 54.1. The van der Waals surface area contributed by atoms with Gasteiger partial charge in [-0.25, -0.2) is 16.8 Å². The van der Waals surface area contributed by atoms with Gasteiger partial charge in [0.15, 0.2) is 5.75 Å². The van der Waals surface area contributed by atoms with Crippen molar-refractivity contribution < 1.29 is 26.8 Å². The minimum Gasteiger partial charge on any atom is -0.454 e. The predicted molar refractivity (Wildman–Crippen MR) is 93.6 cm³/mol. The SMILES string of the molecule is CS(=O)(=O)Nc1ccc(S(=O)(=O)NO)cc1Oc1ccc(Cl)cc1Cl. The Balaban J connectivity index is 2.55. The van der Waals surface area contributed by atoms with Crippen LogP contribution in [0.1, 0.15) is 0 Å². The molecule has 0 unspecified atom stereocenters. The molecule has 0 aliphatic heterocycles. The zero-order chi connectivity index (χ0) is 18.8. The van der Waals surface area contributed by atoms with Crippen molar-refractivity contribution in [1.29, 1.82) is 0 Å². The van der Waals surface area contributed by atoms with E-state index >= 15 is 0 Å². The molecule has 0 aliphatic rings. The Morgan fingerprint density at radius 2 is 1.68 bits per heavy atom. The topological polar surface area (TPSA) is 122 Å². The third kappa shape index (κ3) is 5.21. The lowest BCUT2D eigenvalue weighted by Crippen LogP contribution is -2.19. The largest absolute Gasteiger partial charge is 0.454 e. The summed E-state index contributed by atoms with van der Waals surface area (Å²) in [5.41, 5.74) is -0.0228. The molecule has 2 aromatic rings. The predicted octanol–water partition coefficient (Wildman–Crippen LogP) is 2.82. The van der Waals surface area contributed by atoms with Gasteiger partial charge in [-0.3, -0.25) is 4.72 Å². The number of anilines is 1. The van der Waals surface area contributed by atoms with Crippen molar-refractivity contribution in [3.05, 3.63) is 46.4 Å². The first kappa shape index (κ1) is 19.8. The Kier molecular flexibility index (Phi) is 5.82. The second kappa shape index (κ2) is 7.36. The lowest BCUT2D eigenvalue weighted by Gasteiger charge is -2.14. The maximum Gasteiger partial charge on any atom is 0.262 e. The molecule has 3 N–H and O–H groups in total. The van der Waals surface area contributed by atoms with E-state index in [4.69, 9.17) is 33.1 Å². The summed E-state index contributed by atoms with van der Waals surface area (Å²) in [6.45, 7) is 0. The molecule has 0 saturated heterocycles. The van der Waals surface area contributed by atoms with Crippen molar-refractivity contribution in [2.75, 3.05) is 11.0 Å². The van der Waals surface area contributed by atoms with Crippen LogP contribution >= 0.6 is 23.2 Å². The fourth-order valence-corrected chi connectivity index (χ4v) is 3.40. The van der Waals surface area contributed by atoms with Gasteiger partial charge in [0, 0.05) is 11.1 Å². The summed E-state index contributed by atoms with van der Waals surface area (Å²) in [6, 6.07) is 7.60. The standard InChI is InChI=1S/C13H12Cl2N2O6S2/c1-24(19,20)16-11-4-3-9(25(21,22)17-18)7-13(11)23-12-5-2-8(14)6-10(12)15/h2-7,16-18H,1H3. The highest BCUT2D eigenvalue weighted by Gasteiger charge is 2.18. The molecule has 0 aromatic heterocycles. The first-order chi connectivity index (χ1) is 11.5. The number of nitrogens with one attached hydrogen (secondary N) is 2. The van der Waals surface area contributed by atoms with E-state index in [0.717, 1.165) is 18.4 Å². The number of halogens is 2. The highest BCUT2D eigenvalue weighted by Crippen LogP contribution is 2.36. The van der Waals surface area contributed by atoms with Crippen LogP contribution in [0.2, 0.25) is 10.0 Å². The minimum atomic E-state index is -4.20. The molecule has 0 amide bonds. The van der Waals surface area contributed by atoms with Gasteiger partial charge < -0.3 is 9.94 Å². The number of ether oxygens (including phenoxy) is 1. The van der Waals surface area contributed by atoms with Crippen LogP contribution in [-0.2, 0) is 20.0 Å². The first-order valence-electron chi connectivity index (χ1n) is 6.42. The third-order valence-corrected chi connectivity index (χ3v) is 5.03. The summed E-state index contributed by atoms with van der Waals surface area (Å²) in [7, 11) is -7.86. The lowest BCUT2D eigenvalue weighted by molar-refractivity contribution is 0.242. The van der Waals surface area contributed by atoms with Gasteiger partial charge in [-0.1, -0.05) is 28.1 Å². The molecule has 2 aromatic carbocycles. The molecule has 0 fully saturated rings. The van der Waals surface area contributed by atoms with Gasteiger partial charge >= 0.3 is 0 Å². The zero-order valence-electron chi connectivity index (χ0n) is 12.5. The van der Waals surface area contributed by atoms with E-state index in [1.165, 1.54) is 29.2 Å². The van der Waals surface area contributed by atoms with Gasteiger partial charge in [-0.05, 0) is 30.3 Å². The van der Waals surface area contributed by atoms with Crippen molar-refractivity contribution in [3.8, 4) is 11.5 Å². The van der Waals surface area contributed by atoms with Gasteiger partial charge in [0.2, 0.25) is 10.0 Å². The molecule has 0 radical (unpaired) electrons. The van der Waals surface area contributed by atoms with Crippen molar-refractivity contribution in [2.45, 2.75) is 4.90 Å². The Bertz CT molecular complexity index is 1010. The van der Waals surface area contributed by atoms with E-state index in [2.05, 4.69) is 4.72 Å². The summed E-state index contributed by atoms with van der Waals surface area (Å²) in [6.07, 6.45) is 0.923. The fraction of sp³-hybridized carbons (Fsp3) is 0.0769. The fourth-order valence-electron chi connectivity index (χ4n) is 1.77. The molecule has 2 rings (SSSR count). The molecule has 12 heteroatoms. The van der Waals surface area contributed by atoms with E-state index < -0.39 is 20.0 Å². The van der Waals surface area contributed by atoms with Crippen molar-refractivity contribution >= 4 is 48.9 Å². The summed E-state index contributed by atoms with van der Waals surface area (Å²) >= 11 is 11.8. The summed E-state index contributed by atoms with van der Waals surface area (Å²) in [5.74, 6) is -0.0277. The van der Waals surface area contributed by atoms with Crippen LogP contribution in [0.4, 0.5) is 5.69 Å². The highest BCUT2D eigenvalue weighted by atomic mass is 35.5. The molecule has 0 saturated carbocycles. The number of hydrogen-bond donors (Lipinski definition) is 3. The summed E-state index contributed by atoms with van der Waals surface area (Å²) in [4.78, 5) is 0.817. The summed E-state index contributed by atoms with van der Waals surface area (Å²) in [5, 5.41) is 9.22. The second-order valence-corrected chi connectivity index (χ2v) is 9.06. The molecule has 0 spiro atoms. The third-order valence-electron chi connectivity index (χ3n) is 2.79. The number of sulfonamides is 2. The monoisotopic (exact) mass is 426 g/mol. The first-order valence-corrected chi connectivity index (χ1v) is 10.6. The number of rotatable bonds is 6. The molecular formula is C13H12Cl2N2O6S2. The van der Waals surface area contributed by atoms with Crippen molar-refractivity contribution in [2.24, 2.45) is 0 Å². The quantitative estimate of drug-likeness (QED) is 0.610. The van der Waals surface area contributed by atoms with Crippen LogP contribution in [0.25, 0.3) is 0 Å². The lowest BCUT2D eigenvalue weighted by atomic mass is 10.3. The maximum absolute atomic E-state index is 11.7. The van der Waals surface area contributed by atoms with Gasteiger partial charge in [0.1, 0.15) is 5.75 Å².